The van der Waals surface area contributed by atoms with Gasteiger partial charge in [-0.2, -0.15) is 0 Å². The first-order valence-electron chi connectivity index (χ1n) is 11.4. The van der Waals surface area contributed by atoms with Gasteiger partial charge in [-0.3, -0.25) is 4.79 Å². The van der Waals surface area contributed by atoms with Gasteiger partial charge in [-0.05, 0) is 49.9 Å². The number of rotatable bonds is 7. The van der Waals surface area contributed by atoms with E-state index in [9.17, 15) is 4.79 Å². The highest BCUT2D eigenvalue weighted by Crippen LogP contribution is 2.37. The van der Waals surface area contributed by atoms with Gasteiger partial charge in [-0.15, -0.1) is 10.2 Å². The lowest BCUT2D eigenvalue weighted by Gasteiger charge is -2.15. The Balaban J connectivity index is 1.61. The average molecular weight is 469 g/mol. The van der Waals surface area contributed by atoms with Crippen LogP contribution in [0.2, 0.25) is 5.02 Å². The van der Waals surface area contributed by atoms with Gasteiger partial charge in [0.1, 0.15) is 5.82 Å². The van der Waals surface area contributed by atoms with Crippen LogP contribution in [0.25, 0.3) is 11.4 Å². The third-order valence-corrected chi connectivity index (χ3v) is 6.08. The number of ether oxygens (including phenoxy) is 2. The van der Waals surface area contributed by atoms with Crippen LogP contribution in [0, 0.1) is 6.92 Å². The summed E-state index contributed by atoms with van der Waals surface area (Å²) >= 11 is 6.40. The minimum atomic E-state index is -0.280. The van der Waals surface area contributed by atoms with Crippen LogP contribution in [0.3, 0.4) is 0 Å². The van der Waals surface area contributed by atoms with E-state index in [4.69, 9.17) is 21.1 Å². The number of nitrogens with zero attached hydrogens (tertiary/aromatic N) is 3. The van der Waals surface area contributed by atoms with Gasteiger partial charge in [-0.25, -0.2) is 0 Å². The molecule has 0 spiro atoms. The lowest BCUT2D eigenvalue weighted by Crippen LogP contribution is -2.13. The fourth-order valence-corrected chi connectivity index (χ4v) is 4.25. The van der Waals surface area contributed by atoms with Crippen LogP contribution in [0.15, 0.2) is 30.3 Å². The van der Waals surface area contributed by atoms with Crippen molar-refractivity contribution in [2.75, 3.05) is 19.0 Å². The Kier molecular flexibility index (Phi) is 7.18. The van der Waals surface area contributed by atoms with Crippen LogP contribution < -0.4 is 14.8 Å². The summed E-state index contributed by atoms with van der Waals surface area (Å²) in [5.41, 5.74) is 2.98. The number of aromatic nitrogens is 3. The number of anilines is 1. The highest BCUT2D eigenvalue weighted by Gasteiger charge is 2.19. The number of carbonyl (C=O) groups excluding carboxylic acids is 1. The zero-order chi connectivity index (χ0) is 23.4. The number of halogens is 1. The van der Waals surface area contributed by atoms with Crippen molar-refractivity contribution in [3.63, 3.8) is 0 Å². The van der Waals surface area contributed by atoms with Gasteiger partial charge < -0.3 is 19.4 Å². The molecule has 1 N–H and O–H groups in total. The minimum absolute atomic E-state index is 0.280. The third-order valence-electron chi connectivity index (χ3n) is 5.80. The highest BCUT2D eigenvalue weighted by atomic mass is 35.5. The van der Waals surface area contributed by atoms with Crippen molar-refractivity contribution in [1.82, 2.24) is 14.8 Å². The summed E-state index contributed by atoms with van der Waals surface area (Å²) in [5.74, 6) is 2.46. The van der Waals surface area contributed by atoms with Gasteiger partial charge in [0.15, 0.2) is 17.3 Å². The molecule has 0 radical (unpaired) electrons. The summed E-state index contributed by atoms with van der Waals surface area (Å²) in [6.45, 7) is 5.40. The first-order valence-corrected chi connectivity index (χ1v) is 11.7. The molecule has 0 aliphatic carbocycles. The number of fused-ring (bicyclic) bond motifs is 1. The average Bonchev–Trinajstić information content (AvgIpc) is 3.07. The zero-order valence-electron chi connectivity index (χ0n) is 19.3. The molecule has 0 fully saturated rings. The second-order valence-electron chi connectivity index (χ2n) is 8.22. The first kappa shape index (κ1) is 23.1. The first-order chi connectivity index (χ1) is 16.0. The molecule has 33 heavy (non-hydrogen) atoms. The number of nitrogens with one attached hydrogen (secondary N) is 1. The summed E-state index contributed by atoms with van der Waals surface area (Å²) in [6.07, 6.45) is 5.25. The summed E-state index contributed by atoms with van der Waals surface area (Å²) < 4.78 is 13.3. The van der Waals surface area contributed by atoms with E-state index in [1.165, 1.54) is 13.5 Å². The summed E-state index contributed by atoms with van der Waals surface area (Å²) in [6, 6.07) is 9.20. The Hall–Kier alpha value is -3.06. The molecular weight excluding hydrogens is 440 g/mol. The maximum Gasteiger partial charge on any atom is 0.255 e. The Morgan fingerprint density at radius 2 is 2.03 bits per heavy atom. The fourth-order valence-electron chi connectivity index (χ4n) is 3.98. The fraction of sp³-hybridized carbons (Fsp3) is 0.400. The molecule has 0 bridgehead atoms. The van der Waals surface area contributed by atoms with Gasteiger partial charge in [0.25, 0.3) is 5.91 Å². The maximum absolute atomic E-state index is 13.1. The summed E-state index contributed by atoms with van der Waals surface area (Å²) in [7, 11) is 1.53. The molecule has 1 aliphatic heterocycles. The van der Waals surface area contributed by atoms with Gasteiger partial charge in [-0.1, -0.05) is 37.1 Å². The molecule has 0 saturated heterocycles. The van der Waals surface area contributed by atoms with E-state index in [2.05, 4.69) is 20.1 Å². The monoisotopic (exact) mass is 468 g/mol. The number of carbonyl (C=O) groups is 1. The molecule has 1 aliphatic rings. The van der Waals surface area contributed by atoms with E-state index in [-0.39, 0.29) is 5.91 Å². The number of methoxy groups -OCH3 is 1. The van der Waals surface area contributed by atoms with Gasteiger partial charge >= 0.3 is 0 Å². The van der Waals surface area contributed by atoms with Crippen LogP contribution in [-0.2, 0) is 13.0 Å². The largest absolute Gasteiger partial charge is 0.493 e. The highest BCUT2D eigenvalue weighted by molar-refractivity contribution is 6.32. The quantitative estimate of drug-likeness (QED) is 0.482. The number of hydrogen-bond donors (Lipinski definition) is 1. The van der Waals surface area contributed by atoms with Crippen molar-refractivity contribution in [1.29, 1.82) is 0 Å². The van der Waals surface area contributed by atoms with Gasteiger partial charge in [0, 0.05) is 29.8 Å². The Morgan fingerprint density at radius 3 is 2.82 bits per heavy atom. The van der Waals surface area contributed by atoms with Crippen LogP contribution in [0.5, 0.6) is 11.5 Å². The van der Waals surface area contributed by atoms with E-state index in [0.717, 1.165) is 55.0 Å². The van der Waals surface area contributed by atoms with Crippen LogP contribution >= 0.6 is 11.6 Å². The maximum atomic E-state index is 13.1. The molecule has 8 heteroatoms. The van der Waals surface area contributed by atoms with E-state index >= 15 is 0 Å². The summed E-state index contributed by atoms with van der Waals surface area (Å²) in [5, 5.41) is 12.2. The predicted molar refractivity (Wildman–Crippen MR) is 129 cm³/mol. The molecule has 4 rings (SSSR count). The van der Waals surface area contributed by atoms with Crippen molar-refractivity contribution in [3.05, 3.63) is 52.3 Å². The molecule has 0 atom stereocenters. The molecule has 1 amide bonds. The molecule has 2 heterocycles. The van der Waals surface area contributed by atoms with Crippen molar-refractivity contribution in [2.24, 2.45) is 0 Å². The second kappa shape index (κ2) is 10.3. The lowest BCUT2D eigenvalue weighted by molar-refractivity contribution is 0.102. The van der Waals surface area contributed by atoms with E-state index in [1.54, 1.807) is 12.1 Å². The molecular formula is C25H29ClN4O3. The Labute approximate surface area is 199 Å². The molecule has 1 aromatic heterocycles. The lowest BCUT2D eigenvalue weighted by atomic mass is 10.1. The zero-order valence-corrected chi connectivity index (χ0v) is 20.0. The van der Waals surface area contributed by atoms with Crippen molar-refractivity contribution < 1.29 is 14.3 Å². The standard InChI is InChI=1S/C25H29ClN4O3/c1-4-12-33-23-19(26)13-18(15-21(23)32-3)25(31)27-20-14-17(10-9-16(20)2)24-29-28-22-8-6-5-7-11-30(22)24/h9-10,13-15H,4-8,11-12H2,1-3H3,(H,27,31). The van der Waals surface area contributed by atoms with E-state index in [0.29, 0.717) is 34.4 Å². The van der Waals surface area contributed by atoms with Crippen molar-refractivity contribution in [2.45, 2.75) is 52.5 Å². The minimum Gasteiger partial charge on any atom is -0.493 e. The number of hydrogen-bond acceptors (Lipinski definition) is 5. The van der Waals surface area contributed by atoms with E-state index < -0.39 is 0 Å². The SMILES string of the molecule is CCCOc1c(Cl)cc(C(=O)Nc2cc(-c3nnc4n3CCCCC4)ccc2C)cc1OC. The smallest absolute Gasteiger partial charge is 0.255 e. The normalized spacial score (nSPS) is 13.2. The topological polar surface area (TPSA) is 78.3 Å². The Morgan fingerprint density at radius 1 is 1.18 bits per heavy atom. The van der Waals surface area contributed by atoms with Gasteiger partial charge in [0.2, 0.25) is 0 Å². The molecule has 0 saturated carbocycles. The number of amides is 1. The predicted octanol–water partition coefficient (Wildman–Crippen LogP) is 5.68. The van der Waals surface area contributed by atoms with E-state index in [1.807, 2.05) is 32.0 Å². The summed E-state index contributed by atoms with van der Waals surface area (Å²) in [4.78, 5) is 13.1. The van der Waals surface area contributed by atoms with Crippen LogP contribution in [-0.4, -0.2) is 34.4 Å². The molecule has 7 nitrogen and oxygen atoms in total. The number of aryl methyl sites for hydroxylation is 2. The van der Waals surface area contributed by atoms with Gasteiger partial charge in [0.05, 0.1) is 18.7 Å². The number of benzene rings is 2. The van der Waals surface area contributed by atoms with Crippen molar-refractivity contribution in [3.8, 4) is 22.9 Å². The third kappa shape index (κ3) is 4.98. The second-order valence-corrected chi connectivity index (χ2v) is 8.63. The molecule has 3 aromatic rings. The molecule has 174 valence electrons. The molecule has 2 aromatic carbocycles. The Bertz CT molecular complexity index is 1160. The van der Waals surface area contributed by atoms with Crippen molar-refractivity contribution >= 4 is 23.2 Å². The molecule has 0 unspecified atom stereocenters. The van der Waals surface area contributed by atoms with Crippen LogP contribution in [0.4, 0.5) is 5.69 Å². The van der Waals surface area contributed by atoms with Crippen LogP contribution in [0.1, 0.15) is 54.4 Å².